The Kier molecular flexibility index (Phi) is 7.64. The van der Waals surface area contributed by atoms with Gasteiger partial charge in [-0.2, -0.15) is 0 Å². The molecule has 0 saturated carbocycles. The molecule has 1 aliphatic rings. The third kappa shape index (κ3) is 5.81. The molecule has 0 spiro atoms. The Balaban J connectivity index is 1.60. The van der Waals surface area contributed by atoms with E-state index in [-0.39, 0.29) is 30.2 Å². The molecule has 1 heterocycles. The summed E-state index contributed by atoms with van der Waals surface area (Å²) in [5.41, 5.74) is 7.67. The highest BCUT2D eigenvalue weighted by Crippen LogP contribution is 2.23. The molecule has 2 aromatic carbocycles. The molecule has 2 amide bonds. The zero-order chi connectivity index (χ0) is 22.4. The van der Waals surface area contributed by atoms with Crippen LogP contribution in [0, 0.1) is 5.82 Å². The molecular formula is C22H29FN4O3S. The highest BCUT2D eigenvalue weighted by atomic mass is 32.2. The SMILES string of the molecule is CCN(C(=O)Nc1ccc(-c2cccc(F)c2)cc1)C1CCN(S(=O)(=O)CCN)CC1. The Morgan fingerprint density at radius 2 is 1.84 bits per heavy atom. The zero-order valence-electron chi connectivity index (χ0n) is 17.6. The largest absolute Gasteiger partial charge is 0.329 e. The number of sulfonamides is 1. The minimum atomic E-state index is -3.32. The van der Waals surface area contributed by atoms with Gasteiger partial charge in [-0.1, -0.05) is 24.3 Å². The molecule has 9 heteroatoms. The number of anilines is 1. The van der Waals surface area contributed by atoms with Gasteiger partial charge in [-0.3, -0.25) is 0 Å². The van der Waals surface area contributed by atoms with E-state index in [9.17, 15) is 17.6 Å². The fourth-order valence-electron chi connectivity index (χ4n) is 3.89. The number of carbonyl (C=O) groups excluding carboxylic acids is 1. The van der Waals surface area contributed by atoms with Gasteiger partial charge in [0.2, 0.25) is 10.0 Å². The van der Waals surface area contributed by atoms with Crippen molar-refractivity contribution in [2.45, 2.75) is 25.8 Å². The first-order valence-corrected chi connectivity index (χ1v) is 12.1. The number of piperidine rings is 1. The summed E-state index contributed by atoms with van der Waals surface area (Å²) in [6.07, 6.45) is 1.17. The van der Waals surface area contributed by atoms with Crippen LogP contribution in [0.15, 0.2) is 48.5 Å². The molecule has 3 N–H and O–H groups in total. The maximum Gasteiger partial charge on any atom is 0.322 e. The predicted octanol–water partition coefficient (Wildman–Crippen LogP) is 3.10. The van der Waals surface area contributed by atoms with Crippen LogP contribution in [0.4, 0.5) is 14.9 Å². The summed E-state index contributed by atoms with van der Waals surface area (Å²) in [6.45, 7) is 3.31. The van der Waals surface area contributed by atoms with Gasteiger partial charge in [0.1, 0.15) is 5.82 Å². The monoisotopic (exact) mass is 448 g/mol. The Hall–Kier alpha value is -2.49. The van der Waals surface area contributed by atoms with Crippen LogP contribution in [0.1, 0.15) is 19.8 Å². The first kappa shape index (κ1) is 23.2. The maximum absolute atomic E-state index is 13.4. The molecule has 31 heavy (non-hydrogen) atoms. The first-order valence-electron chi connectivity index (χ1n) is 10.5. The molecule has 0 aliphatic carbocycles. The Bertz CT molecular complexity index is 990. The van der Waals surface area contributed by atoms with Crippen molar-refractivity contribution in [1.29, 1.82) is 0 Å². The standard InChI is InChI=1S/C22H29FN4O3S/c1-2-27(21-10-13-26(14-11-21)31(29,30)15-12-24)22(28)25-20-8-6-17(7-9-20)18-4-3-5-19(23)16-18/h3-9,16,21H,2,10-15,24H2,1H3,(H,25,28). The molecule has 0 unspecified atom stereocenters. The third-order valence-electron chi connectivity index (χ3n) is 5.53. The van der Waals surface area contributed by atoms with Gasteiger partial charge < -0.3 is 16.0 Å². The van der Waals surface area contributed by atoms with Gasteiger partial charge in [0.15, 0.2) is 0 Å². The van der Waals surface area contributed by atoms with Crippen LogP contribution in [-0.2, 0) is 10.0 Å². The van der Waals surface area contributed by atoms with Crippen molar-refractivity contribution in [2.75, 3.05) is 37.2 Å². The number of carbonyl (C=O) groups is 1. The molecule has 0 bridgehead atoms. The van der Waals surface area contributed by atoms with E-state index in [1.165, 1.54) is 16.4 Å². The Morgan fingerprint density at radius 1 is 1.16 bits per heavy atom. The lowest BCUT2D eigenvalue weighted by atomic mass is 10.0. The molecule has 3 rings (SSSR count). The smallest absolute Gasteiger partial charge is 0.322 e. The van der Waals surface area contributed by atoms with E-state index in [1.54, 1.807) is 23.1 Å². The lowest BCUT2D eigenvalue weighted by molar-refractivity contribution is 0.160. The number of nitrogens with zero attached hydrogens (tertiary/aromatic N) is 2. The summed E-state index contributed by atoms with van der Waals surface area (Å²) in [5, 5.41) is 2.91. The van der Waals surface area contributed by atoms with Crippen molar-refractivity contribution < 1.29 is 17.6 Å². The highest BCUT2D eigenvalue weighted by molar-refractivity contribution is 7.89. The van der Waals surface area contributed by atoms with Crippen LogP contribution in [0.3, 0.4) is 0 Å². The van der Waals surface area contributed by atoms with Crippen LogP contribution >= 0.6 is 0 Å². The molecule has 7 nitrogen and oxygen atoms in total. The predicted molar refractivity (Wildman–Crippen MR) is 121 cm³/mol. The van der Waals surface area contributed by atoms with Crippen LogP contribution < -0.4 is 11.1 Å². The molecule has 2 aromatic rings. The molecule has 1 saturated heterocycles. The second-order valence-corrected chi connectivity index (χ2v) is 9.63. The summed E-state index contributed by atoms with van der Waals surface area (Å²) < 4.78 is 39.3. The summed E-state index contributed by atoms with van der Waals surface area (Å²) in [4.78, 5) is 14.6. The number of urea groups is 1. The van der Waals surface area contributed by atoms with Gasteiger partial charge in [0, 0.05) is 37.9 Å². The summed E-state index contributed by atoms with van der Waals surface area (Å²) in [6, 6.07) is 13.3. The van der Waals surface area contributed by atoms with Crippen molar-refractivity contribution in [1.82, 2.24) is 9.21 Å². The van der Waals surface area contributed by atoms with E-state index in [2.05, 4.69) is 5.32 Å². The number of hydrogen-bond acceptors (Lipinski definition) is 4. The van der Waals surface area contributed by atoms with E-state index < -0.39 is 10.0 Å². The van der Waals surface area contributed by atoms with Gasteiger partial charge in [-0.15, -0.1) is 0 Å². The summed E-state index contributed by atoms with van der Waals surface area (Å²) >= 11 is 0. The van der Waals surface area contributed by atoms with Crippen molar-refractivity contribution in [3.8, 4) is 11.1 Å². The van der Waals surface area contributed by atoms with Crippen molar-refractivity contribution >= 4 is 21.7 Å². The summed E-state index contributed by atoms with van der Waals surface area (Å²) in [5.74, 6) is -0.350. The number of halogens is 1. The second kappa shape index (κ2) is 10.2. The molecule has 0 atom stereocenters. The van der Waals surface area contributed by atoms with Crippen LogP contribution in [0.25, 0.3) is 11.1 Å². The normalized spacial score (nSPS) is 15.6. The fourth-order valence-corrected chi connectivity index (χ4v) is 5.21. The Labute approximate surface area is 183 Å². The number of nitrogens with two attached hydrogens (primary N) is 1. The average Bonchev–Trinajstić information content (AvgIpc) is 2.75. The van der Waals surface area contributed by atoms with E-state index in [4.69, 9.17) is 5.73 Å². The number of rotatable bonds is 7. The topological polar surface area (TPSA) is 95.7 Å². The third-order valence-corrected chi connectivity index (χ3v) is 7.43. The molecule has 1 fully saturated rings. The van der Waals surface area contributed by atoms with E-state index in [0.29, 0.717) is 38.2 Å². The number of amides is 2. The summed E-state index contributed by atoms with van der Waals surface area (Å²) in [7, 11) is -3.32. The van der Waals surface area contributed by atoms with E-state index >= 15 is 0 Å². The quantitative estimate of drug-likeness (QED) is 0.680. The lowest BCUT2D eigenvalue weighted by Crippen LogP contribution is -2.50. The molecule has 0 aromatic heterocycles. The van der Waals surface area contributed by atoms with Crippen LogP contribution in [0.5, 0.6) is 0 Å². The lowest BCUT2D eigenvalue weighted by Gasteiger charge is -2.37. The van der Waals surface area contributed by atoms with E-state index in [1.807, 2.05) is 25.1 Å². The number of nitrogens with one attached hydrogen (secondary N) is 1. The van der Waals surface area contributed by atoms with Crippen molar-refractivity contribution in [3.05, 3.63) is 54.3 Å². The van der Waals surface area contributed by atoms with Gasteiger partial charge in [0.05, 0.1) is 5.75 Å². The van der Waals surface area contributed by atoms with Gasteiger partial charge in [0.25, 0.3) is 0 Å². The molecule has 1 aliphatic heterocycles. The zero-order valence-corrected chi connectivity index (χ0v) is 18.4. The minimum Gasteiger partial charge on any atom is -0.329 e. The van der Waals surface area contributed by atoms with Crippen LogP contribution in [-0.4, -0.2) is 61.6 Å². The van der Waals surface area contributed by atoms with E-state index in [0.717, 1.165) is 11.1 Å². The molecule has 0 radical (unpaired) electrons. The highest BCUT2D eigenvalue weighted by Gasteiger charge is 2.31. The van der Waals surface area contributed by atoms with Gasteiger partial charge in [-0.05, 0) is 55.2 Å². The number of benzene rings is 2. The maximum atomic E-state index is 13.4. The average molecular weight is 449 g/mol. The number of hydrogen-bond donors (Lipinski definition) is 2. The molecule has 168 valence electrons. The molecular weight excluding hydrogens is 419 g/mol. The van der Waals surface area contributed by atoms with Gasteiger partial charge in [-0.25, -0.2) is 21.9 Å². The Morgan fingerprint density at radius 3 is 2.42 bits per heavy atom. The fraction of sp³-hybridized carbons (Fsp3) is 0.409. The van der Waals surface area contributed by atoms with Crippen LogP contribution in [0.2, 0.25) is 0 Å². The van der Waals surface area contributed by atoms with Crippen molar-refractivity contribution in [3.63, 3.8) is 0 Å². The first-order chi connectivity index (χ1) is 14.8. The minimum absolute atomic E-state index is 0.0270. The van der Waals surface area contributed by atoms with Gasteiger partial charge >= 0.3 is 6.03 Å². The van der Waals surface area contributed by atoms with Crippen molar-refractivity contribution in [2.24, 2.45) is 5.73 Å². The second-order valence-electron chi connectivity index (χ2n) is 7.54.